The Bertz CT molecular complexity index is 109. The van der Waals surface area contributed by atoms with E-state index in [1.165, 1.54) is 0 Å². The molecule has 4 heteroatoms. The summed E-state index contributed by atoms with van der Waals surface area (Å²) in [5.74, 6) is -0.802. The van der Waals surface area contributed by atoms with Crippen molar-refractivity contribution in [2.24, 2.45) is 5.73 Å². The van der Waals surface area contributed by atoms with E-state index >= 15 is 0 Å². The number of rotatable bonds is 5. The van der Waals surface area contributed by atoms with Crippen molar-refractivity contribution < 1.29 is 26.4 Å². The molecule has 0 radical (unpaired) electrons. The van der Waals surface area contributed by atoms with Crippen LogP contribution in [0.1, 0.15) is 32.6 Å². The van der Waals surface area contributed by atoms with Crippen LogP contribution in [0.4, 0.5) is 0 Å². The molecule has 0 aromatic rings. The van der Waals surface area contributed by atoms with E-state index in [1.807, 2.05) is 0 Å². The van der Waals surface area contributed by atoms with E-state index in [-0.39, 0.29) is 29.0 Å². The van der Waals surface area contributed by atoms with Crippen LogP contribution < -0.4 is 5.73 Å². The molecule has 0 aliphatic carbocycles. The topological polar surface area (TPSA) is 63.3 Å². The number of carboxylic acids is 1. The average molecular weight is 204 g/mol. The average Bonchev–Trinajstić information content (AvgIpc) is 1.82. The molecular weight excluding hydrogens is 189 g/mol. The molecule has 1 atom stereocenters. The third kappa shape index (κ3) is 9.92. The van der Waals surface area contributed by atoms with Gasteiger partial charge in [-0.15, -0.1) is 0 Å². The van der Waals surface area contributed by atoms with Crippen LogP contribution in [0, 0.1) is 0 Å². The van der Waals surface area contributed by atoms with E-state index in [4.69, 9.17) is 10.8 Å². The fraction of sp³-hybridized carbons (Fsp3) is 0.857. The minimum absolute atomic E-state index is 0. The molecule has 0 saturated heterocycles. The summed E-state index contributed by atoms with van der Waals surface area (Å²) in [6.45, 7) is 2.06. The maximum absolute atomic E-state index is 10.1. The third-order valence-corrected chi connectivity index (χ3v) is 1.37. The number of nitrogens with two attached hydrogens (primary N) is 1. The van der Waals surface area contributed by atoms with Crippen molar-refractivity contribution in [1.82, 2.24) is 0 Å². The van der Waals surface area contributed by atoms with Crippen LogP contribution in [-0.2, 0) is 21.3 Å². The van der Waals surface area contributed by atoms with Gasteiger partial charge in [-0.1, -0.05) is 19.8 Å². The van der Waals surface area contributed by atoms with Crippen molar-refractivity contribution in [1.29, 1.82) is 0 Å². The standard InChI is InChI=1S/C7H15NO2.Ni/c1-2-3-4-6(8)5-7(9)10;/h6H,2-5,8H2,1H3,(H,9,10);. The summed E-state index contributed by atoms with van der Waals surface area (Å²) in [5, 5.41) is 8.30. The molecule has 0 bridgehead atoms. The van der Waals surface area contributed by atoms with Crippen LogP contribution in [-0.4, -0.2) is 17.1 Å². The van der Waals surface area contributed by atoms with Gasteiger partial charge in [-0.05, 0) is 6.42 Å². The van der Waals surface area contributed by atoms with Crippen LogP contribution >= 0.6 is 0 Å². The van der Waals surface area contributed by atoms with Gasteiger partial charge in [-0.25, -0.2) is 0 Å². The van der Waals surface area contributed by atoms with Gasteiger partial charge in [0, 0.05) is 22.5 Å². The molecule has 0 aromatic heterocycles. The van der Waals surface area contributed by atoms with E-state index in [0.29, 0.717) is 0 Å². The molecule has 0 aromatic carbocycles. The zero-order valence-corrected chi connectivity index (χ0v) is 7.64. The SMILES string of the molecule is CCCCC(N)CC(=O)O.[Ni]. The van der Waals surface area contributed by atoms with E-state index in [0.717, 1.165) is 19.3 Å². The second-order valence-electron chi connectivity index (χ2n) is 2.50. The summed E-state index contributed by atoms with van der Waals surface area (Å²) in [6, 6.07) is -0.155. The molecule has 3 nitrogen and oxygen atoms in total. The predicted octanol–water partition coefficient (Wildman–Crippen LogP) is 0.976. The van der Waals surface area contributed by atoms with Gasteiger partial charge in [-0.3, -0.25) is 4.79 Å². The Morgan fingerprint density at radius 2 is 2.18 bits per heavy atom. The van der Waals surface area contributed by atoms with Gasteiger partial charge >= 0.3 is 5.97 Å². The van der Waals surface area contributed by atoms with Crippen molar-refractivity contribution in [2.45, 2.75) is 38.6 Å². The van der Waals surface area contributed by atoms with Crippen molar-refractivity contribution >= 4 is 5.97 Å². The van der Waals surface area contributed by atoms with Crippen LogP contribution in [0.25, 0.3) is 0 Å². The summed E-state index contributed by atoms with van der Waals surface area (Å²) < 4.78 is 0. The molecule has 0 aliphatic rings. The molecule has 0 fully saturated rings. The number of carbonyl (C=O) groups is 1. The van der Waals surface area contributed by atoms with E-state index < -0.39 is 5.97 Å². The van der Waals surface area contributed by atoms with Gasteiger partial charge in [0.2, 0.25) is 0 Å². The smallest absolute Gasteiger partial charge is 0.304 e. The minimum Gasteiger partial charge on any atom is -0.481 e. The Balaban J connectivity index is 0. The zero-order valence-electron chi connectivity index (χ0n) is 6.65. The van der Waals surface area contributed by atoms with Gasteiger partial charge in [0.05, 0.1) is 6.42 Å². The molecule has 0 heterocycles. The van der Waals surface area contributed by atoms with Crippen LogP contribution in [0.5, 0.6) is 0 Å². The van der Waals surface area contributed by atoms with E-state index in [9.17, 15) is 4.79 Å². The monoisotopic (exact) mass is 203 g/mol. The molecule has 0 aliphatic heterocycles. The Kier molecular flexibility index (Phi) is 9.85. The molecule has 1 unspecified atom stereocenters. The van der Waals surface area contributed by atoms with Crippen molar-refractivity contribution in [3.05, 3.63) is 0 Å². The molecule has 11 heavy (non-hydrogen) atoms. The van der Waals surface area contributed by atoms with Crippen LogP contribution in [0.15, 0.2) is 0 Å². The summed E-state index contributed by atoms with van der Waals surface area (Å²) in [4.78, 5) is 10.1. The number of carboxylic acid groups (broad SMARTS) is 1. The number of hydrogen-bond donors (Lipinski definition) is 2. The Morgan fingerprint density at radius 1 is 1.64 bits per heavy atom. The fourth-order valence-corrected chi connectivity index (χ4v) is 0.793. The molecular formula is C7H15NNiO2. The Hall–Kier alpha value is -0.0765. The zero-order chi connectivity index (χ0) is 7.98. The van der Waals surface area contributed by atoms with Gasteiger partial charge in [0.15, 0.2) is 0 Å². The first kappa shape index (κ1) is 13.5. The summed E-state index contributed by atoms with van der Waals surface area (Å²) in [7, 11) is 0. The molecule has 0 rings (SSSR count). The summed E-state index contributed by atoms with van der Waals surface area (Å²) in [6.07, 6.45) is 3.02. The van der Waals surface area contributed by atoms with Crippen molar-refractivity contribution in [3.63, 3.8) is 0 Å². The third-order valence-electron chi connectivity index (χ3n) is 1.37. The molecule has 0 amide bonds. The van der Waals surface area contributed by atoms with Crippen molar-refractivity contribution in [2.75, 3.05) is 0 Å². The Labute approximate surface area is 77.3 Å². The van der Waals surface area contributed by atoms with Gasteiger partial charge in [0.1, 0.15) is 0 Å². The maximum atomic E-state index is 10.1. The second-order valence-corrected chi connectivity index (χ2v) is 2.50. The van der Waals surface area contributed by atoms with Crippen LogP contribution in [0.3, 0.4) is 0 Å². The molecule has 3 N–H and O–H groups in total. The number of unbranched alkanes of at least 4 members (excludes halogenated alkanes) is 1. The van der Waals surface area contributed by atoms with E-state index in [2.05, 4.69) is 6.92 Å². The first-order valence-corrected chi connectivity index (χ1v) is 3.64. The quantitative estimate of drug-likeness (QED) is 0.655. The number of hydrogen-bond acceptors (Lipinski definition) is 2. The molecule has 0 saturated carbocycles. The van der Waals surface area contributed by atoms with Gasteiger partial charge in [-0.2, -0.15) is 0 Å². The second kappa shape index (κ2) is 8.02. The maximum Gasteiger partial charge on any atom is 0.304 e. The summed E-state index contributed by atoms with van der Waals surface area (Å²) in [5.41, 5.74) is 5.48. The van der Waals surface area contributed by atoms with Gasteiger partial charge < -0.3 is 10.8 Å². The predicted molar refractivity (Wildman–Crippen MR) is 39.8 cm³/mol. The fourth-order valence-electron chi connectivity index (χ4n) is 0.793. The minimum atomic E-state index is -0.802. The number of aliphatic carboxylic acids is 1. The van der Waals surface area contributed by atoms with Gasteiger partial charge in [0.25, 0.3) is 0 Å². The van der Waals surface area contributed by atoms with E-state index in [1.54, 1.807) is 0 Å². The largest absolute Gasteiger partial charge is 0.481 e. The molecule has 70 valence electrons. The first-order chi connectivity index (χ1) is 4.66. The normalized spacial score (nSPS) is 11.8. The Morgan fingerprint density at radius 3 is 2.55 bits per heavy atom. The van der Waals surface area contributed by atoms with Crippen LogP contribution in [0.2, 0.25) is 0 Å². The molecule has 0 spiro atoms. The first-order valence-electron chi connectivity index (χ1n) is 3.64. The summed E-state index contributed by atoms with van der Waals surface area (Å²) >= 11 is 0. The van der Waals surface area contributed by atoms with Crippen molar-refractivity contribution in [3.8, 4) is 0 Å².